The highest BCUT2D eigenvalue weighted by atomic mass is 32.2. The number of rotatable bonds is 7. The third-order valence-electron chi connectivity index (χ3n) is 7.12. The van der Waals surface area contributed by atoms with E-state index in [4.69, 9.17) is 12.2 Å². The molecule has 4 rings (SSSR count). The Balaban J connectivity index is 1.80. The number of anilines is 2. The molecule has 1 aromatic heterocycles. The van der Waals surface area contributed by atoms with Crippen LogP contribution < -0.4 is 15.4 Å². The van der Waals surface area contributed by atoms with E-state index in [1.807, 2.05) is 45.0 Å². The normalized spacial score (nSPS) is 18.0. The molecule has 1 atom stereocenters. The number of thioether (sulfide) groups is 1. The molecular weight excluding hydrogens is 502 g/mol. The van der Waals surface area contributed by atoms with E-state index in [0.717, 1.165) is 50.4 Å². The molecule has 1 amide bonds. The fraction of sp³-hybridized carbons (Fsp3) is 0.429. The minimum absolute atomic E-state index is 0.00810. The molecule has 0 spiro atoms. The summed E-state index contributed by atoms with van der Waals surface area (Å²) in [4.78, 5) is 33.5. The molecule has 0 saturated carbocycles. The van der Waals surface area contributed by atoms with Gasteiger partial charge < -0.3 is 9.80 Å². The average molecular weight is 536 g/mol. The van der Waals surface area contributed by atoms with Crippen molar-refractivity contribution in [1.82, 2.24) is 9.47 Å². The number of para-hydroxylation sites is 1. The smallest absolute Gasteiger partial charge is 0.270 e. The van der Waals surface area contributed by atoms with Crippen LogP contribution in [-0.4, -0.2) is 51.9 Å². The van der Waals surface area contributed by atoms with Crippen molar-refractivity contribution in [2.75, 3.05) is 36.0 Å². The average Bonchev–Trinajstić information content (AvgIpc) is 3.19. The van der Waals surface area contributed by atoms with Crippen molar-refractivity contribution in [1.29, 1.82) is 5.26 Å². The van der Waals surface area contributed by atoms with Crippen LogP contribution in [0.25, 0.3) is 6.08 Å². The van der Waals surface area contributed by atoms with Gasteiger partial charge >= 0.3 is 0 Å². The zero-order valence-corrected chi connectivity index (χ0v) is 23.5. The van der Waals surface area contributed by atoms with Gasteiger partial charge in [0.25, 0.3) is 11.5 Å². The first kappa shape index (κ1) is 27.0. The van der Waals surface area contributed by atoms with Crippen molar-refractivity contribution >= 4 is 51.8 Å². The Hall–Kier alpha value is -3.09. The molecule has 0 radical (unpaired) electrons. The Bertz CT molecular complexity index is 1320. The van der Waals surface area contributed by atoms with Crippen LogP contribution in [0.15, 0.2) is 40.0 Å². The molecule has 0 N–H and O–H groups in total. The quantitative estimate of drug-likeness (QED) is 0.374. The summed E-state index contributed by atoms with van der Waals surface area (Å²) in [5.41, 5.74) is 2.39. The molecule has 1 aromatic carbocycles. The highest BCUT2D eigenvalue weighted by molar-refractivity contribution is 8.26. The van der Waals surface area contributed by atoms with Gasteiger partial charge in [-0.05, 0) is 50.5 Å². The Morgan fingerprint density at radius 1 is 1.11 bits per heavy atom. The lowest BCUT2D eigenvalue weighted by Crippen LogP contribution is -2.48. The van der Waals surface area contributed by atoms with E-state index in [2.05, 4.69) is 28.0 Å². The van der Waals surface area contributed by atoms with Gasteiger partial charge in [-0.25, -0.2) is 0 Å². The van der Waals surface area contributed by atoms with E-state index in [9.17, 15) is 14.9 Å². The molecule has 9 heteroatoms. The van der Waals surface area contributed by atoms with Gasteiger partial charge in [-0.1, -0.05) is 56.0 Å². The number of carbonyl (C=O) groups is 1. The van der Waals surface area contributed by atoms with Crippen molar-refractivity contribution < 1.29 is 4.79 Å². The summed E-state index contributed by atoms with van der Waals surface area (Å²) in [5.74, 6) is 0.667. The first-order valence-corrected chi connectivity index (χ1v) is 14.0. The Morgan fingerprint density at radius 2 is 1.76 bits per heavy atom. The molecule has 0 bridgehead atoms. The van der Waals surface area contributed by atoms with E-state index in [1.54, 1.807) is 16.4 Å². The first-order chi connectivity index (χ1) is 17.8. The molecule has 194 valence electrons. The molecule has 2 fully saturated rings. The van der Waals surface area contributed by atoms with Crippen molar-refractivity contribution in [2.45, 2.75) is 53.1 Å². The third kappa shape index (κ3) is 5.18. The molecule has 0 aliphatic carbocycles. The number of carbonyl (C=O) groups excluding carboxylic acids is 1. The van der Waals surface area contributed by atoms with E-state index in [0.29, 0.717) is 21.3 Å². The van der Waals surface area contributed by atoms with Crippen LogP contribution in [0, 0.1) is 18.3 Å². The fourth-order valence-corrected chi connectivity index (χ4v) is 6.35. The summed E-state index contributed by atoms with van der Waals surface area (Å²) >= 11 is 6.83. The van der Waals surface area contributed by atoms with Crippen molar-refractivity contribution in [3.63, 3.8) is 0 Å². The first-order valence-electron chi connectivity index (χ1n) is 12.8. The van der Waals surface area contributed by atoms with E-state index >= 15 is 0 Å². The van der Waals surface area contributed by atoms with Gasteiger partial charge in [0.1, 0.15) is 21.8 Å². The standard InChI is InChI=1S/C28H33N5O2S2/c1-5-12-32-25(31-15-13-30(14-16-31)21-10-8-7-9-11-21)22(20(4)23(18-29)26(32)34)17-24-27(35)33(19(3)6-2)28(36)37-24/h7-11,17,19H,5-6,12-16H2,1-4H3. The van der Waals surface area contributed by atoms with E-state index in [-0.39, 0.29) is 23.1 Å². The van der Waals surface area contributed by atoms with Crippen LogP contribution in [0.4, 0.5) is 11.5 Å². The second kappa shape index (κ2) is 11.5. The van der Waals surface area contributed by atoms with Gasteiger partial charge in [-0.15, -0.1) is 0 Å². The highest BCUT2D eigenvalue weighted by Gasteiger charge is 2.36. The number of nitrogens with zero attached hydrogens (tertiary/aromatic N) is 5. The maximum Gasteiger partial charge on any atom is 0.270 e. The predicted molar refractivity (Wildman–Crippen MR) is 156 cm³/mol. The number of hydrogen-bond acceptors (Lipinski definition) is 7. The number of piperazine rings is 1. The lowest BCUT2D eigenvalue weighted by Gasteiger charge is -2.39. The van der Waals surface area contributed by atoms with Crippen molar-refractivity contribution in [3.05, 3.63) is 62.3 Å². The highest BCUT2D eigenvalue weighted by Crippen LogP contribution is 2.37. The second-order valence-electron chi connectivity index (χ2n) is 9.42. The SMILES string of the molecule is CCCn1c(N2CCN(c3ccccc3)CC2)c(C=C2SC(=S)N(C(C)CC)C2=O)c(C)c(C#N)c1=O. The summed E-state index contributed by atoms with van der Waals surface area (Å²) in [6, 6.07) is 12.4. The molecule has 3 heterocycles. The fourth-order valence-electron chi connectivity index (χ4n) is 4.90. The summed E-state index contributed by atoms with van der Waals surface area (Å²) in [6.45, 7) is 11.4. The molecule has 2 aromatic rings. The van der Waals surface area contributed by atoms with Crippen LogP contribution in [0.2, 0.25) is 0 Å². The molecule has 1 unspecified atom stereocenters. The van der Waals surface area contributed by atoms with Gasteiger partial charge in [0.05, 0.1) is 4.91 Å². The van der Waals surface area contributed by atoms with Crippen LogP contribution >= 0.6 is 24.0 Å². The van der Waals surface area contributed by atoms with Gasteiger partial charge in [-0.3, -0.25) is 19.1 Å². The van der Waals surface area contributed by atoms with Crippen molar-refractivity contribution in [2.24, 2.45) is 0 Å². The Morgan fingerprint density at radius 3 is 2.35 bits per heavy atom. The Kier molecular flexibility index (Phi) is 8.40. The summed E-state index contributed by atoms with van der Waals surface area (Å²) in [5, 5.41) is 9.87. The monoisotopic (exact) mass is 535 g/mol. The maximum absolute atomic E-state index is 13.4. The number of thiocarbonyl (C=S) groups is 1. The zero-order valence-electron chi connectivity index (χ0n) is 21.9. The number of pyridine rings is 1. The van der Waals surface area contributed by atoms with Crippen LogP contribution in [0.5, 0.6) is 0 Å². The predicted octanol–water partition coefficient (Wildman–Crippen LogP) is 4.76. The molecule has 2 saturated heterocycles. The second-order valence-corrected chi connectivity index (χ2v) is 11.1. The largest absolute Gasteiger partial charge is 0.368 e. The minimum Gasteiger partial charge on any atom is -0.368 e. The summed E-state index contributed by atoms with van der Waals surface area (Å²) in [6.07, 6.45) is 3.40. The van der Waals surface area contributed by atoms with Gasteiger partial charge in [0, 0.05) is 50.0 Å². The molecule has 7 nitrogen and oxygen atoms in total. The zero-order chi connectivity index (χ0) is 26.7. The third-order valence-corrected chi connectivity index (χ3v) is 8.46. The van der Waals surface area contributed by atoms with Gasteiger partial charge in [0.15, 0.2) is 0 Å². The summed E-state index contributed by atoms with van der Waals surface area (Å²) < 4.78 is 2.27. The van der Waals surface area contributed by atoms with Crippen molar-refractivity contribution in [3.8, 4) is 6.07 Å². The van der Waals surface area contributed by atoms with E-state index in [1.165, 1.54) is 17.4 Å². The number of aromatic nitrogens is 1. The lowest BCUT2D eigenvalue weighted by molar-refractivity contribution is -0.123. The van der Waals surface area contributed by atoms with E-state index < -0.39 is 0 Å². The summed E-state index contributed by atoms with van der Waals surface area (Å²) in [7, 11) is 0. The number of hydrogen-bond donors (Lipinski definition) is 0. The van der Waals surface area contributed by atoms with Crippen LogP contribution in [0.3, 0.4) is 0 Å². The molecule has 2 aliphatic rings. The van der Waals surface area contributed by atoms with Crippen LogP contribution in [0.1, 0.15) is 50.3 Å². The number of nitriles is 1. The molecular formula is C28H33N5O2S2. The lowest BCUT2D eigenvalue weighted by atomic mass is 10.0. The Labute approximate surface area is 228 Å². The maximum atomic E-state index is 13.4. The van der Waals surface area contributed by atoms with Gasteiger partial charge in [0.2, 0.25) is 0 Å². The number of amides is 1. The molecule has 37 heavy (non-hydrogen) atoms. The van der Waals surface area contributed by atoms with Crippen LogP contribution in [-0.2, 0) is 11.3 Å². The minimum atomic E-state index is -0.272. The molecule has 2 aliphatic heterocycles. The number of benzene rings is 1. The topological polar surface area (TPSA) is 72.6 Å². The van der Waals surface area contributed by atoms with Gasteiger partial charge in [-0.2, -0.15) is 5.26 Å².